The van der Waals surface area contributed by atoms with E-state index in [0.717, 1.165) is 15.6 Å². The second kappa shape index (κ2) is 7.59. The standard InChI is InChI=1S/C17H15BrO3S/c1-14-5-11-17(12-6-14)22(19,20)21-13-3-2-4-15-7-9-16(18)10-8-15/h5-12H,3,13H2,1H3. The Bertz CT molecular complexity index is 783. The van der Waals surface area contributed by atoms with E-state index >= 15 is 0 Å². The van der Waals surface area contributed by atoms with Gasteiger partial charge in [-0.2, -0.15) is 8.42 Å². The molecule has 0 unspecified atom stereocenters. The van der Waals surface area contributed by atoms with Gasteiger partial charge in [0.1, 0.15) is 0 Å². The number of hydrogen-bond acceptors (Lipinski definition) is 3. The lowest BCUT2D eigenvalue weighted by atomic mass is 10.2. The van der Waals surface area contributed by atoms with Gasteiger partial charge in [0.2, 0.25) is 0 Å². The summed E-state index contributed by atoms with van der Waals surface area (Å²) in [5.41, 5.74) is 1.88. The minimum atomic E-state index is -3.70. The van der Waals surface area contributed by atoms with Gasteiger partial charge in [0.05, 0.1) is 11.5 Å². The maximum absolute atomic E-state index is 11.9. The number of halogens is 1. The first kappa shape index (κ1) is 16.8. The van der Waals surface area contributed by atoms with Crippen LogP contribution in [0.4, 0.5) is 0 Å². The largest absolute Gasteiger partial charge is 0.297 e. The summed E-state index contributed by atoms with van der Waals surface area (Å²) >= 11 is 3.35. The molecule has 0 saturated carbocycles. The zero-order valence-electron chi connectivity index (χ0n) is 12.0. The van der Waals surface area contributed by atoms with Crippen LogP contribution in [0.1, 0.15) is 17.5 Å². The van der Waals surface area contributed by atoms with Gasteiger partial charge in [0.25, 0.3) is 10.1 Å². The van der Waals surface area contributed by atoms with Crippen LogP contribution in [0.3, 0.4) is 0 Å². The van der Waals surface area contributed by atoms with E-state index < -0.39 is 10.1 Å². The SMILES string of the molecule is Cc1ccc(S(=O)(=O)OCCC#Cc2ccc(Br)cc2)cc1. The Balaban J connectivity index is 1.88. The van der Waals surface area contributed by atoms with Crippen molar-refractivity contribution in [1.29, 1.82) is 0 Å². The fourth-order valence-electron chi connectivity index (χ4n) is 1.67. The fourth-order valence-corrected chi connectivity index (χ4v) is 2.85. The molecule has 0 aliphatic carbocycles. The lowest BCUT2D eigenvalue weighted by molar-refractivity contribution is 0.326. The van der Waals surface area contributed by atoms with Gasteiger partial charge < -0.3 is 0 Å². The van der Waals surface area contributed by atoms with Crippen LogP contribution in [0.25, 0.3) is 0 Å². The molecule has 0 fully saturated rings. The molecular formula is C17H15BrO3S. The minimum absolute atomic E-state index is 0.0414. The third-order valence-corrected chi connectivity index (χ3v) is 4.71. The average Bonchev–Trinajstić information content (AvgIpc) is 2.49. The number of benzene rings is 2. The van der Waals surface area contributed by atoms with Gasteiger partial charge in [-0.25, -0.2) is 0 Å². The Labute approximate surface area is 139 Å². The zero-order valence-corrected chi connectivity index (χ0v) is 14.4. The normalized spacial score (nSPS) is 10.8. The van der Waals surface area contributed by atoms with Crippen molar-refractivity contribution in [3.63, 3.8) is 0 Å². The molecule has 3 nitrogen and oxygen atoms in total. The maximum atomic E-state index is 11.9. The molecule has 114 valence electrons. The Kier molecular flexibility index (Phi) is 5.78. The average molecular weight is 379 g/mol. The first-order valence-electron chi connectivity index (χ1n) is 6.68. The molecule has 0 aliphatic rings. The molecule has 0 atom stereocenters. The van der Waals surface area contributed by atoms with Crippen LogP contribution < -0.4 is 0 Å². The van der Waals surface area contributed by atoms with Crippen molar-refractivity contribution in [2.24, 2.45) is 0 Å². The number of rotatable bonds is 4. The van der Waals surface area contributed by atoms with Crippen LogP contribution in [0.2, 0.25) is 0 Å². The highest BCUT2D eigenvalue weighted by Crippen LogP contribution is 2.13. The summed E-state index contributed by atoms with van der Waals surface area (Å²) in [6.45, 7) is 1.94. The second-order valence-corrected chi connectivity index (χ2v) is 7.18. The van der Waals surface area contributed by atoms with E-state index in [4.69, 9.17) is 4.18 Å². The van der Waals surface area contributed by atoms with Crippen molar-refractivity contribution in [3.8, 4) is 11.8 Å². The van der Waals surface area contributed by atoms with E-state index in [9.17, 15) is 8.42 Å². The zero-order chi connectivity index (χ0) is 16.0. The smallest absolute Gasteiger partial charge is 0.265 e. The number of aryl methyl sites for hydroxylation is 1. The van der Waals surface area contributed by atoms with E-state index in [1.54, 1.807) is 12.1 Å². The lowest BCUT2D eigenvalue weighted by Crippen LogP contribution is -2.07. The lowest BCUT2D eigenvalue weighted by Gasteiger charge is -2.04. The molecule has 5 heteroatoms. The summed E-state index contributed by atoms with van der Waals surface area (Å²) < 4.78 is 29.8. The molecule has 2 rings (SSSR count). The van der Waals surface area contributed by atoms with Crippen molar-refractivity contribution < 1.29 is 12.6 Å². The van der Waals surface area contributed by atoms with Gasteiger partial charge in [-0.3, -0.25) is 4.18 Å². The Morgan fingerprint density at radius 1 is 1.05 bits per heavy atom. The van der Waals surface area contributed by atoms with Gasteiger partial charge >= 0.3 is 0 Å². The van der Waals surface area contributed by atoms with Crippen molar-refractivity contribution in [1.82, 2.24) is 0 Å². The maximum Gasteiger partial charge on any atom is 0.297 e. The first-order valence-corrected chi connectivity index (χ1v) is 8.88. The molecule has 2 aromatic rings. The van der Waals surface area contributed by atoms with Crippen LogP contribution in [-0.2, 0) is 14.3 Å². The summed E-state index contributed by atoms with van der Waals surface area (Å²) in [5, 5.41) is 0. The molecule has 0 aliphatic heterocycles. The Hall–Kier alpha value is -1.61. The summed E-state index contributed by atoms with van der Waals surface area (Å²) in [7, 11) is -3.70. The Morgan fingerprint density at radius 2 is 1.68 bits per heavy atom. The van der Waals surface area contributed by atoms with Gasteiger partial charge in [-0.15, -0.1) is 0 Å². The summed E-state index contributed by atoms with van der Waals surface area (Å²) in [4.78, 5) is 0.166. The van der Waals surface area contributed by atoms with E-state index in [0.29, 0.717) is 6.42 Å². The molecule has 0 saturated heterocycles. The first-order chi connectivity index (χ1) is 10.5. The van der Waals surface area contributed by atoms with E-state index in [2.05, 4.69) is 27.8 Å². The molecule has 0 amide bonds. The highest BCUT2D eigenvalue weighted by atomic mass is 79.9. The van der Waals surface area contributed by atoms with Crippen LogP contribution in [0, 0.1) is 18.8 Å². The van der Waals surface area contributed by atoms with Gasteiger partial charge in [0.15, 0.2) is 0 Å². The van der Waals surface area contributed by atoms with Crippen molar-refractivity contribution in [3.05, 3.63) is 64.1 Å². The minimum Gasteiger partial charge on any atom is -0.265 e. The van der Waals surface area contributed by atoms with Crippen LogP contribution >= 0.6 is 15.9 Å². The van der Waals surface area contributed by atoms with E-state index in [1.807, 2.05) is 31.2 Å². The van der Waals surface area contributed by atoms with E-state index in [-0.39, 0.29) is 11.5 Å². The fraction of sp³-hybridized carbons (Fsp3) is 0.176. The van der Waals surface area contributed by atoms with Crippen molar-refractivity contribution >= 4 is 26.0 Å². The molecule has 0 spiro atoms. The van der Waals surface area contributed by atoms with Crippen LogP contribution in [0.15, 0.2) is 57.9 Å². The summed E-state index contributed by atoms with van der Waals surface area (Å²) in [5.74, 6) is 5.86. The quantitative estimate of drug-likeness (QED) is 0.460. The predicted molar refractivity (Wildman–Crippen MR) is 90.0 cm³/mol. The molecule has 0 N–H and O–H groups in total. The molecule has 0 aromatic heterocycles. The number of hydrogen-bond donors (Lipinski definition) is 0. The molecular weight excluding hydrogens is 364 g/mol. The van der Waals surface area contributed by atoms with Gasteiger partial charge in [0, 0.05) is 16.5 Å². The summed E-state index contributed by atoms with van der Waals surface area (Å²) in [6, 6.07) is 14.1. The van der Waals surface area contributed by atoms with Gasteiger partial charge in [-0.05, 0) is 43.3 Å². The topological polar surface area (TPSA) is 43.4 Å². The van der Waals surface area contributed by atoms with Crippen LogP contribution in [0.5, 0.6) is 0 Å². The van der Waals surface area contributed by atoms with Crippen LogP contribution in [-0.4, -0.2) is 15.0 Å². The molecule has 0 radical (unpaired) electrons. The second-order valence-electron chi connectivity index (χ2n) is 4.65. The van der Waals surface area contributed by atoms with Crippen molar-refractivity contribution in [2.75, 3.05) is 6.61 Å². The van der Waals surface area contributed by atoms with Crippen molar-refractivity contribution in [2.45, 2.75) is 18.2 Å². The third-order valence-electron chi connectivity index (χ3n) is 2.85. The van der Waals surface area contributed by atoms with E-state index in [1.165, 1.54) is 12.1 Å². The highest BCUT2D eigenvalue weighted by Gasteiger charge is 2.13. The summed E-state index contributed by atoms with van der Waals surface area (Å²) in [6.07, 6.45) is 0.348. The van der Waals surface area contributed by atoms with Gasteiger partial charge in [-0.1, -0.05) is 45.5 Å². The Morgan fingerprint density at radius 3 is 2.32 bits per heavy atom. The highest BCUT2D eigenvalue weighted by molar-refractivity contribution is 9.10. The molecule has 0 bridgehead atoms. The molecule has 2 aromatic carbocycles. The molecule has 22 heavy (non-hydrogen) atoms. The molecule has 0 heterocycles. The monoisotopic (exact) mass is 378 g/mol. The third kappa shape index (κ3) is 4.99. The predicted octanol–water partition coefficient (Wildman–Crippen LogP) is 3.90.